The summed E-state index contributed by atoms with van der Waals surface area (Å²) in [7, 11) is 0. The quantitative estimate of drug-likeness (QED) is 0.565. The lowest BCUT2D eigenvalue weighted by atomic mass is 9.70. The molecule has 0 aromatic heterocycles. The zero-order chi connectivity index (χ0) is 23.0. The first-order chi connectivity index (χ1) is 14.5. The Morgan fingerprint density at radius 1 is 1.13 bits per heavy atom. The Hall–Kier alpha value is -1.84. The van der Waals surface area contributed by atoms with E-state index in [2.05, 4.69) is 41.5 Å². The van der Waals surface area contributed by atoms with Crippen molar-refractivity contribution in [2.24, 2.45) is 34.5 Å². The minimum absolute atomic E-state index is 0.0116. The molecule has 0 amide bonds. The van der Waals surface area contributed by atoms with Gasteiger partial charge in [0.25, 0.3) is 0 Å². The molecular formula is C27H40O4. The molecule has 0 saturated heterocycles. The zero-order valence-electron chi connectivity index (χ0n) is 20.1. The van der Waals surface area contributed by atoms with Gasteiger partial charge in [0, 0.05) is 11.8 Å². The number of aromatic hydroxyl groups is 1. The lowest BCUT2D eigenvalue weighted by Crippen LogP contribution is -2.35. The fourth-order valence-electron chi connectivity index (χ4n) is 6.00. The normalized spacial score (nSPS) is 33.7. The lowest BCUT2D eigenvalue weighted by molar-refractivity contribution is -0.128. The van der Waals surface area contributed by atoms with E-state index in [0.29, 0.717) is 29.5 Å². The number of phenols is 1. The van der Waals surface area contributed by atoms with Gasteiger partial charge in [0.1, 0.15) is 23.2 Å². The van der Waals surface area contributed by atoms with Crippen LogP contribution in [0.4, 0.5) is 0 Å². The Balaban J connectivity index is 0.000000207. The van der Waals surface area contributed by atoms with Crippen LogP contribution in [0.1, 0.15) is 90.4 Å². The van der Waals surface area contributed by atoms with Crippen LogP contribution >= 0.6 is 0 Å². The standard InChI is InChI=1S/C17H24O3.C10H16O/c1-11(2)13-9-8-12(3)10-16(13)20-17(19)14-6-4-5-7-15(14)18;1-9(2)7-4-5-10(9,3)8(11)6-7/h4-7,11-13,16,18H,8-10H2,1-3H3;7H,4-6H2,1-3H3. The monoisotopic (exact) mass is 428 g/mol. The molecule has 2 bridgehead atoms. The number of benzene rings is 1. The number of phenolic OH excluding ortho intramolecular Hbond substituents is 1. The Kier molecular flexibility index (Phi) is 6.88. The molecule has 172 valence electrons. The second-order valence-electron chi connectivity index (χ2n) is 11.2. The van der Waals surface area contributed by atoms with E-state index >= 15 is 0 Å². The van der Waals surface area contributed by atoms with Gasteiger partial charge >= 0.3 is 5.97 Å². The Labute approximate surface area is 187 Å². The van der Waals surface area contributed by atoms with Gasteiger partial charge in [-0.1, -0.05) is 60.1 Å². The summed E-state index contributed by atoms with van der Waals surface area (Å²) in [6.07, 6.45) is 6.45. The van der Waals surface area contributed by atoms with E-state index < -0.39 is 5.97 Å². The molecule has 1 aromatic rings. The first-order valence-corrected chi connectivity index (χ1v) is 12.0. The van der Waals surface area contributed by atoms with Crippen molar-refractivity contribution in [3.05, 3.63) is 29.8 Å². The molecular weight excluding hydrogens is 388 g/mol. The number of esters is 1. The molecule has 3 aliphatic carbocycles. The van der Waals surface area contributed by atoms with E-state index in [1.165, 1.54) is 18.9 Å². The van der Waals surface area contributed by atoms with Gasteiger partial charge in [-0.25, -0.2) is 4.79 Å². The van der Waals surface area contributed by atoms with Crippen LogP contribution in [-0.2, 0) is 9.53 Å². The molecule has 0 heterocycles. The first kappa shape index (κ1) is 23.8. The molecule has 1 aromatic carbocycles. The molecule has 3 saturated carbocycles. The van der Waals surface area contributed by atoms with Crippen LogP contribution in [0.25, 0.3) is 0 Å². The molecule has 4 heteroatoms. The van der Waals surface area contributed by atoms with E-state index in [1.54, 1.807) is 18.2 Å². The van der Waals surface area contributed by atoms with Crippen molar-refractivity contribution in [3.8, 4) is 5.75 Å². The van der Waals surface area contributed by atoms with Crippen LogP contribution in [0.2, 0.25) is 0 Å². The predicted octanol–water partition coefficient (Wildman–Crippen LogP) is 6.41. The number of ether oxygens (including phenoxy) is 1. The first-order valence-electron chi connectivity index (χ1n) is 12.0. The smallest absolute Gasteiger partial charge is 0.342 e. The molecule has 0 spiro atoms. The number of hydrogen-bond donors (Lipinski definition) is 1. The van der Waals surface area contributed by atoms with Crippen LogP contribution < -0.4 is 0 Å². The van der Waals surface area contributed by atoms with Gasteiger partial charge in [-0.2, -0.15) is 0 Å². The molecule has 3 aliphatic rings. The summed E-state index contributed by atoms with van der Waals surface area (Å²) in [5, 5.41) is 9.74. The SMILES string of the molecule is CC12CCC(CC1=O)C2(C)C.CC1CCC(C(C)C)C(OC(=O)c2ccccc2O)C1. The summed E-state index contributed by atoms with van der Waals surface area (Å²) in [5.74, 6) is 2.28. The number of rotatable bonds is 3. The zero-order valence-corrected chi connectivity index (χ0v) is 20.1. The molecule has 1 N–H and O–H groups in total. The molecule has 5 unspecified atom stereocenters. The molecule has 4 rings (SSSR count). The second-order valence-corrected chi connectivity index (χ2v) is 11.2. The van der Waals surface area contributed by atoms with Gasteiger partial charge in [-0.05, 0) is 66.9 Å². The number of para-hydroxylation sites is 1. The number of carbonyl (C=O) groups excluding carboxylic acids is 2. The van der Waals surface area contributed by atoms with E-state index in [-0.39, 0.29) is 28.2 Å². The Bertz CT molecular complexity index is 811. The van der Waals surface area contributed by atoms with Crippen molar-refractivity contribution in [3.63, 3.8) is 0 Å². The van der Waals surface area contributed by atoms with Gasteiger partial charge in [-0.15, -0.1) is 0 Å². The van der Waals surface area contributed by atoms with E-state index in [1.807, 2.05) is 0 Å². The molecule has 0 aliphatic heterocycles. The van der Waals surface area contributed by atoms with Crippen molar-refractivity contribution in [2.75, 3.05) is 0 Å². The molecule has 31 heavy (non-hydrogen) atoms. The highest BCUT2D eigenvalue weighted by Gasteiger charge is 2.61. The number of hydrogen-bond acceptors (Lipinski definition) is 4. The number of carbonyl (C=O) groups is 2. The van der Waals surface area contributed by atoms with Gasteiger partial charge in [0.05, 0.1) is 0 Å². The molecule has 4 nitrogen and oxygen atoms in total. The van der Waals surface area contributed by atoms with Gasteiger partial charge in [0.2, 0.25) is 0 Å². The Morgan fingerprint density at radius 3 is 2.29 bits per heavy atom. The average molecular weight is 429 g/mol. The maximum Gasteiger partial charge on any atom is 0.342 e. The van der Waals surface area contributed by atoms with Crippen LogP contribution in [0.15, 0.2) is 24.3 Å². The highest BCUT2D eigenvalue weighted by molar-refractivity contribution is 5.92. The maximum absolute atomic E-state index is 12.2. The van der Waals surface area contributed by atoms with Crippen LogP contribution in [0.5, 0.6) is 5.75 Å². The van der Waals surface area contributed by atoms with Crippen LogP contribution in [-0.4, -0.2) is 23.0 Å². The van der Waals surface area contributed by atoms with Crippen molar-refractivity contribution in [1.29, 1.82) is 0 Å². The summed E-state index contributed by atoms with van der Waals surface area (Å²) in [4.78, 5) is 23.8. The van der Waals surface area contributed by atoms with E-state index in [0.717, 1.165) is 25.7 Å². The highest BCUT2D eigenvalue weighted by atomic mass is 16.5. The predicted molar refractivity (Wildman–Crippen MR) is 123 cm³/mol. The summed E-state index contributed by atoms with van der Waals surface area (Å²) in [6.45, 7) is 13.2. The fraction of sp³-hybridized carbons (Fsp3) is 0.704. The molecule has 5 atom stereocenters. The van der Waals surface area contributed by atoms with E-state index in [4.69, 9.17) is 4.74 Å². The average Bonchev–Trinajstić information content (AvgIpc) is 3.02. The fourth-order valence-corrected chi connectivity index (χ4v) is 6.00. The second kappa shape index (κ2) is 8.96. The van der Waals surface area contributed by atoms with Gasteiger partial charge in [0.15, 0.2) is 0 Å². The van der Waals surface area contributed by atoms with Crippen molar-refractivity contribution in [2.45, 2.75) is 86.2 Å². The number of fused-ring (bicyclic) bond motifs is 2. The summed E-state index contributed by atoms with van der Waals surface area (Å²) < 4.78 is 5.70. The van der Waals surface area contributed by atoms with Crippen molar-refractivity contribution < 1.29 is 19.4 Å². The molecule has 3 fully saturated rings. The van der Waals surface area contributed by atoms with E-state index in [9.17, 15) is 14.7 Å². The summed E-state index contributed by atoms with van der Waals surface area (Å²) >= 11 is 0. The highest BCUT2D eigenvalue weighted by Crippen LogP contribution is 2.63. The topological polar surface area (TPSA) is 63.6 Å². The summed E-state index contributed by atoms with van der Waals surface area (Å²) in [6, 6.07) is 6.56. The maximum atomic E-state index is 12.2. The summed E-state index contributed by atoms with van der Waals surface area (Å²) in [5.41, 5.74) is 0.565. The third-order valence-corrected chi connectivity index (χ3v) is 8.83. The third-order valence-electron chi connectivity index (χ3n) is 8.83. The minimum Gasteiger partial charge on any atom is -0.507 e. The van der Waals surface area contributed by atoms with Crippen LogP contribution in [0.3, 0.4) is 0 Å². The number of Topliss-reactive ketones (excluding diaryl/α,β-unsaturated/α-hetero) is 1. The van der Waals surface area contributed by atoms with Crippen molar-refractivity contribution in [1.82, 2.24) is 0 Å². The van der Waals surface area contributed by atoms with Crippen molar-refractivity contribution >= 4 is 11.8 Å². The van der Waals surface area contributed by atoms with Gasteiger partial charge in [-0.3, -0.25) is 4.79 Å². The van der Waals surface area contributed by atoms with Gasteiger partial charge < -0.3 is 9.84 Å². The van der Waals surface area contributed by atoms with Crippen LogP contribution in [0, 0.1) is 34.5 Å². The minimum atomic E-state index is -0.409. The third kappa shape index (κ3) is 4.54. The largest absolute Gasteiger partial charge is 0.507 e. The lowest BCUT2D eigenvalue weighted by Gasteiger charge is -2.36. The number of ketones is 1. The Morgan fingerprint density at radius 2 is 1.81 bits per heavy atom. The molecule has 0 radical (unpaired) electrons.